The Morgan fingerprint density at radius 3 is 2.56 bits per heavy atom. The van der Waals surface area contributed by atoms with Gasteiger partial charge < -0.3 is 15.0 Å². The van der Waals surface area contributed by atoms with Crippen molar-refractivity contribution >= 4 is 27.7 Å². The first kappa shape index (κ1) is 25.5. The predicted octanol–water partition coefficient (Wildman–Crippen LogP) is 3.46. The van der Waals surface area contributed by atoms with Gasteiger partial charge in [0, 0.05) is 30.4 Å². The van der Waals surface area contributed by atoms with Crippen molar-refractivity contribution in [1.82, 2.24) is 9.62 Å². The smallest absolute Gasteiger partial charge is 0.410 e. The monoisotopic (exact) mass is 467 g/mol. The normalized spacial score (nSPS) is 17.2. The van der Waals surface area contributed by atoms with E-state index in [0.29, 0.717) is 24.2 Å². The molecule has 1 saturated heterocycles. The minimum absolute atomic E-state index is 0.0725. The molecule has 1 aliphatic heterocycles. The fourth-order valence-electron chi connectivity index (χ4n) is 2.98. The van der Waals surface area contributed by atoms with E-state index in [-0.39, 0.29) is 17.0 Å². The summed E-state index contributed by atoms with van der Waals surface area (Å²) in [5.74, 6) is -1.01. The lowest BCUT2D eigenvalue weighted by Crippen LogP contribution is -2.40. The second-order valence-corrected chi connectivity index (χ2v) is 10.6. The summed E-state index contributed by atoms with van der Waals surface area (Å²) >= 11 is 0. The summed E-state index contributed by atoms with van der Waals surface area (Å²) in [5, 5.41) is 2.55. The van der Waals surface area contributed by atoms with Gasteiger partial charge in [0.15, 0.2) is 0 Å². The van der Waals surface area contributed by atoms with E-state index >= 15 is 0 Å². The Kier molecular flexibility index (Phi) is 7.84. The Hall–Kier alpha value is -2.72. The number of carbonyl (C=O) groups excluding carboxylic acids is 2. The van der Waals surface area contributed by atoms with E-state index in [1.165, 1.54) is 30.0 Å². The van der Waals surface area contributed by atoms with Crippen LogP contribution in [0.2, 0.25) is 0 Å². The van der Waals surface area contributed by atoms with Gasteiger partial charge in [-0.05, 0) is 70.9 Å². The number of carbonyl (C=O) groups is 2. The van der Waals surface area contributed by atoms with Crippen LogP contribution in [0, 0.1) is 12.7 Å². The van der Waals surface area contributed by atoms with Crippen LogP contribution in [-0.4, -0.2) is 50.1 Å². The molecular formula is C22H30FN3O5S. The number of likely N-dealkylation sites (tertiary alicyclic amines) is 1. The summed E-state index contributed by atoms with van der Waals surface area (Å²) in [6.07, 6.45) is 1.11. The maximum absolute atomic E-state index is 13.4. The van der Waals surface area contributed by atoms with E-state index < -0.39 is 39.5 Å². The van der Waals surface area contributed by atoms with Gasteiger partial charge in [-0.1, -0.05) is 6.58 Å². The number of benzene rings is 1. The number of hydrogen-bond acceptors (Lipinski definition) is 5. The molecule has 0 saturated carbocycles. The molecular weight excluding hydrogens is 437 g/mol. The van der Waals surface area contributed by atoms with Crippen LogP contribution >= 0.6 is 0 Å². The molecule has 1 atom stereocenters. The molecule has 1 heterocycles. The summed E-state index contributed by atoms with van der Waals surface area (Å²) in [4.78, 5) is 25.8. The highest BCUT2D eigenvalue weighted by atomic mass is 32.2. The zero-order chi connectivity index (χ0) is 24.3. The molecule has 2 amide bonds. The first-order chi connectivity index (χ1) is 14.7. The van der Waals surface area contributed by atoms with Gasteiger partial charge in [-0.2, -0.15) is 0 Å². The van der Waals surface area contributed by atoms with Crippen molar-refractivity contribution in [3.8, 4) is 0 Å². The van der Waals surface area contributed by atoms with E-state index in [1.807, 2.05) is 0 Å². The van der Waals surface area contributed by atoms with Gasteiger partial charge in [-0.15, -0.1) is 0 Å². The Morgan fingerprint density at radius 1 is 1.31 bits per heavy atom. The Morgan fingerprint density at radius 2 is 1.97 bits per heavy atom. The molecule has 10 heteroatoms. The zero-order valence-corrected chi connectivity index (χ0v) is 19.8. The van der Waals surface area contributed by atoms with Crippen LogP contribution in [-0.2, 0) is 19.6 Å². The second-order valence-electron chi connectivity index (χ2n) is 8.73. The Balaban J connectivity index is 1.97. The summed E-state index contributed by atoms with van der Waals surface area (Å²) in [6, 6.07) is 3.62. The predicted molar refractivity (Wildman–Crippen MR) is 121 cm³/mol. The fraction of sp³-hybridized carbons (Fsp3) is 0.455. The average Bonchev–Trinajstić information content (AvgIpc) is 3.11. The van der Waals surface area contributed by atoms with Crippen LogP contribution in [0.25, 0.3) is 0 Å². The van der Waals surface area contributed by atoms with Crippen molar-refractivity contribution in [3.63, 3.8) is 0 Å². The van der Waals surface area contributed by atoms with Gasteiger partial charge in [0.1, 0.15) is 11.4 Å². The van der Waals surface area contributed by atoms with Crippen molar-refractivity contribution in [2.24, 2.45) is 0 Å². The fourth-order valence-corrected chi connectivity index (χ4v) is 4.10. The number of aryl methyl sites for hydroxylation is 1. The molecule has 1 aliphatic rings. The molecule has 0 aromatic heterocycles. The number of nitrogens with zero attached hydrogens (tertiary/aromatic N) is 1. The van der Waals surface area contributed by atoms with Crippen LogP contribution in [0.5, 0.6) is 0 Å². The zero-order valence-electron chi connectivity index (χ0n) is 19.0. The maximum atomic E-state index is 13.4. The van der Waals surface area contributed by atoms with E-state index in [0.717, 1.165) is 6.08 Å². The highest BCUT2D eigenvalue weighted by Gasteiger charge is 2.32. The molecule has 1 aromatic rings. The number of amides is 2. The van der Waals surface area contributed by atoms with Gasteiger partial charge in [-0.3, -0.25) is 4.79 Å². The summed E-state index contributed by atoms with van der Waals surface area (Å²) in [7, 11) is -3.90. The standard InChI is InChI=1S/C22H30FN3O5S/c1-14-12-17(7-8-19(14)23)24-20(27)15(2)11-16(3)32(29,30)25-18-9-10-26(13-18)21(28)31-22(4,5)6/h7-8,11-12,18,25H,2,9-10,13H2,1,3-6H3,(H,24,27)/b16-11+. The number of allylic oxidation sites excluding steroid dienone is 1. The first-order valence-electron chi connectivity index (χ1n) is 10.1. The molecule has 0 bridgehead atoms. The van der Waals surface area contributed by atoms with Crippen LogP contribution < -0.4 is 10.0 Å². The SMILES string of the molecule is C=C(/C=C(\C)S(=O)(=O)NC1CCN(C(=O)OC(C)(C)C)C1)C(=O)Nc1ccc(F)c(C)c1. The quantitative estimate of drug-likeness (QED) is 0.492. The van der Waals surface area contributed by atoms with E-state index in [1.54, 1.807) is 27.7 Å². The first-order valence-corrected chi connectivity index (χ1v) is 11.6. The van der Waals surface area contributed by atoms with Crippen LogP contribution in [0.4, 0.5) is 14.9 Å². The third-order valence-electron chi connectivity index (χ3n) is 4.67. The average molecular weight is 468 g/mol. The molecule has 0 spiro atoms. The molecule has 32 heavy (non-hydrogen) atoms. The molecule has 0 aliphatic carbocycles. The number of hydrogen-bond donors (Lipinski definition) is 2. The van der Waals surface area contributed by atoms with Crippen molar-refractivity contribution in [2.75, 3.05) is 18.4 Å². The number of nitrogens with one attached hydrogen (secondary N) is 2. The number of anilines is 1. The van der Waals surface area contributed by atoms with E-state index in [2.05, 4.69) is 16.6 Å². The van der Waals surface area contributed by atoms with Gasteiger partial charge >= 0.3 is 6.09 Å². The summed E-state index contributed by atoms with van der Waals surface area (Å²) in [5.41, 5.74) is 0.0255. The lowest BCUT2D eigenvalue weighted by molar-refractivity contribution is -0.112. The largest absolute Gasteiger partial charge is 0.444 e. The number of rotatable bonds is 6. The van der Waals surface area contributed by atoms with E-state index in [4.69, 9.17) is 4.74 Å². The van der Waals surface area contributed by atoms with Gasteiger partial charge in [0.2, 0.25) is 10.0 Å². The van der Waals surface area contributed by atoms with Crippen LogP contribution in [0.3, 0.4) is 0 Å². The van der Waals surface area contributed by atoms with E-state index in [9.17, 15) is 22.4 Å². The number of halogens is 1. The topological polar surface area (TPSA) is 105 Å². The second kappa shape index (κ2) is 9.83. The Labute approximate surface area is 188 Å². The molecule has 2 rings (SSSR count). The number of ether oxygens (including phenoxy) is 1. The van der Waals surface area contributed by atoms with Gasteiger partial charge in [0.25, 0.3) is 5.91 Å². The summed E-state index contributed by atoms with van der Waals surface area (Å²) < 4.78 is 46.5. The molecule has 1 aromatic carbocycles. The van der Waals surface area contributed by atoms with Crippen molar-refractivity contribution < 1.29 is 27.1 Å². The third-order valence-corrected chi connectivity index (χ3v) is 6.28. The maximum Gasteiger partial charge on any atom is 0.410 e. The summed E-state index contributed by atoms with van der Waals surface area (Å²) in [6.45, 7) is 12.4. The third kappa shape index (κ3) is 7.16. The molecule has 1 fully saturated rings. The van der Waals surface area contributed by atoms with Crippen molar-refractivity contribution in [2.45, 2.75) is 52.7 Å². The molecule has 2 N–H and O–H groups in total. The van der Waals surface area contributed by atoms with Gasteiger partial charge in [-0.25, -0.2) is 22.3 Å². The minimum Gasteiger partial charge on any atom is -0.444 e. The lowest BCUT2D eigenvalue weighted by atomic mass is 10.2. The molecule has 8 nitrogen and oxygen atoms in total. The van der Waals surface area contributed by atoms with Crippen molar-refractivity contribution in [1.29, 1.82) is 0 Å². The molecule has 1 unspecified atom stereocenters. The number of sulfonamides is 1. The van der Waals surface area contributed by atoms with Crippen molar-refractivity contribution in [3.05, 3.63) is 52.7 Å². The van der Waals surface area contributed by atoms with Gasteiger partial charge in [0.05, 0.1) is 4.91 Å². The Bertz CT molecular complexity index is 1040. The minimum atomic E-state index is -3.90. The van der Waals surface area contributed by atoms with Crippen LogP contribution in [0.1, 0.15) is 39.7 Å². The highest BCUT2D eigenvalue weighted by Crippen LogP contribution is 2.18. The highest BCUT2D eigenvalue weighted by molar-refractivity contribution is 7.93. The molecule has 0 radical (unpaired) electrons. The molecule has 176 valence electrons. The lowest BCUT2D eigenvalue weighted by Gasteiger charge is -2.24. The van der Waals surface area contributed by atoms with Crippen LogP contribution in [0.15, 0.2) is 41.3 Å².